The van der Waals surface area contributed by atoms with Crippen LogP contribution in [0.5, 0.6) is 5.75 Å². The molecule has 0 aliphatic carbocycles. The Hall–Kier alpha value is -1.68. The number of aromatic nitrogens is 1. The van der Waals surface area contributed by atoms with Crippen molar-refractivity contribution < 1.29 is 9.53 Å². The summed E-state index contributed by atoms with van der Waals surface area (Å²) in [6.07, 6.45) is 1.76. The minimum Gasteiger partial charge on any atom is -0.486 e. The molecule has 0 saturated carbocycles. The van der Waals surface area contributed by atoms with Gasteiger partial charge in [-0.15, -0.1) is 11.3 Å². The molecule has 0 aliphatic rings. The molecule has 2 rings (SSSR count). The van der Waals surface area contributed by atoms with Gasteiger partial charge in [0.05, 0.1) is 16.3 Å². The van der Waals surface area contributed by atoms with Gasteiger partial charge in [0.25, 0.3) is 0 Å². The molecule has 94 valence electrons. The summed E-state index contributed by atoms with van der Waals surface area (Å²) in [5, 5.41) is 3.10. The van der Waals surface area contributed by atoms with E-state index >= 15 is 0 Å². The maximum absolute atomic E-state index is 10.9. The number of aldehydes is 1. The highest BCUT2D eigenvalue weighted by molar-refractivity contribution is 7.09. The van der Waals surface area contributed by atoms with E-state index in [1.54, 1.807) is 17.4 Å². The zero-order valence-corrected chi connectivity index (χ0v) is 11.3. The molecule has 1 aromatic heterocycles. The zero-order chi connectivity index (χ0) is 13.0. The second-order valence-electron chi connectivity index (χ2n) is 3.99. The molecule has 0 fully saturated rings. The summed E-state index contributed by atoms with van der Waals surface area (Å²) in [7, 11) is 0. The number of carbonyl (C=O) groups excluding carboxylic acids is 1. The Morgan fingerprint density at radius 1 is 1.44 bits per heavy atom. The average molecular weight is 261 g/mol. The van der Waals surface area contributed by atoms with Crippen LogP contribution < -0.4 is 4.74 Å². The highest BCUT2D eigenvalue weighted by atomic mass is 32.1. The van der Waals surface area contributed by atoms with Gasteiger partial charge in [0.1, 0.15) is 12.4 Å². The van der Waals surface area contributed by atoms with Crippen LogP contribution in [0.3, 0.4) is 0 Å². The quantitative estimate of drug-likeness (QED) is 0.774. The Morgan fingerprint density at radius 2 is 2.28 bits per heavy atom. The fraction of sp³-hybridized carbons (Fsp3) is 0.286. The molecule has 1 aromatic carbocycles. The second kappa shape index (κ2) is 5.78. The van der Waals surface area contributed by atoms with Crippen molar-refractivity contribution in [3.05, 3.63) is 45.4 Å². The molecule has 0 N–H and O–H groups in total. The molecule has 0 unspecified atom stereocenters. The smallest absolute Gasteiger partial charge is 0.153 e. The normalized spacial score (nSPS) is 10.3. The third-order valence-electron chi connectivity index (χ3n) is 2.64. The molecule has 0 amide bonds. The maximum Gasteiger partial charge on any atom is 0.153 e. The number of rotatable bonds is 5. The monoisotopic (exact) mass is 261 g/mol. The molecule has 0 radical (unpaired) electrons. The van der Waals surface area contributed by atoms with Gasteiger partial charge in [0, 0.05) is 5.38 Å². The van der Waals surface area contributed by atoms with Gasteiger partial charge < -0.3 is 4.74 Å². The number of thiazole rings is 1. The van der Waals surface area contributed by atoms with Gasteiger partial charge in [-0.25, -0.2) is 4.98 Å². The first-order valence-corrected chi connectivity index (χ1v) is 6.73. The SMILES string of the molecule is CCc1nc(COc2c(C)cccc2C=O)cs1. The highest BCUT2D eigenvalue weighted by Crippen LogP contribution is 2.23. The van der Waals surface area contributed by atoms with Gasteiger partial charge in [-0.05, 0) is 25.0 Å². The van der Waals surface area contributed by atoms with Crippen LogP contribution in [0.1, 0.15) is 33.5 Å². The van der Waals surface area contributed by atoms with Crippen molar-refractivity contribution in [2.45, 2.75) is 26.9 Å². The lowest BCUT2D eigenvalue weighted by atomic mass is 10.1. The topological polar surface area (TPSA) is 39.2 Å². The van der Waals surface area contributed by atoms with Crippen LogP contribution in [0.15, 0.2) is 23.6 Å². The molecule has 0 spiro atoms. The van der Waals surface area contributed by atoms with Crippen LogP contribution in [-0.4, -0.2) is 11.3 Å². The van der Waals surface area contributed by atoms with Crippen molar-refractivity contribution >= 4 is 17.6 Å². The molecule has 3 nitrogen and oxygen atoms in total. The summed E-state index contributed by atoms with van der Waals surface area (Å²) in [4.78, 5) is 15.4. The van der Waals surface area contributed by atoms with Crippen LogP contribution in [0.4, 0.5) is 0 Å². The predicted octanol–water partition coefficient (Wildman–Crippen LogP) is 3.41. The predicted molar refractivity (Wildman–Crippen MR) is 72.4 cm³/mol. The molecule has 0 atom stereocenters. The van der Waals surface area contributed by atoms with Crippen molar-refractivity contribution in [2.75, 3.05) is 0 Å². The van der Waals surface area contributed by atoms with Gasteiger partial charge in [0.2, 0.25) is 0 Å². The lowest BCUT2D eigenvalue weighted by molar-refractivity contribution is 0.111. The molecule has 0 saturated heterocycles. The largest absolute Gasteiger partial charge is 0.486 e. The van der Waals surface area contributed by atoms with Crippen molar-refractivity contribution in [2.24, 2.45) is 0 Å². The lowest BCUT2D eigenvalue weighted by Crippen LogP contribution is -2.00. The maximum atomic E-state index is 10.9. The molecule has 1 heterocycles. The van der Waals surface area contributed by atoms with Gasteiger partial charge in [0.15, 0.2) is 6.29 Å². The molecule has 2 aromatic rings. The first-order valence-electron chi connectivity index (χ1n) is 5.85. The number of ether oxygens (including phenoxy) is 1. The van der Waals surface area contributed by atoms with Crippen LogP contribution in [0.2, 0.25) is 0 Å². The Balaban J connectivity index is 2.12. The second-order valence-corrected chi connectivity index (χ2v) is 4.93. The van der Waals surface area contributed by atoms with Gasteiger partial charge in [-0.1, -0.05) is 19.1 Å². The first-order chi connectivity index (χ1) is 8.74. The molecular weight excluding hydrogens is 246 g/mol. The average Bonchev–Trinajstić information content (AvgIpc) is 2.85. The fourth-order valence-electron chi connectivity index (χ4n) is 1.69. The van der Waals surface area contributed by atoms with Crippen molar-refractivity contribution in [1.82, 2.24) is 4.98 Å². The Kier molecular flexibility index (Phi) is 4.10. The summed E-state index contributed by atoms with van der Waals surface area (Å²) in [5.41, 5.74) is 2.46. The van der Waals surface area contributed by atoms with Crippen LogP contribution >= 0.6 is 11.3 Å². The standard InChI is InChI=1S/C14H15NO2S/c1-3-13-15-12(9-18-13)8-17-14-10(2)5-4-6-11(14)7-16/h4-7,9H,3,8H2,1-2H3. The number of nitrogens with zero attached hydrogens (tertiary/aromatic N) is 1. The number of para-hydroxylation sites is 1. The third kappa shape index (κ3) is 2.76. The van der Waals surface area contributed by atoms with E-state index in [0.717, 1.165) is 29.0 Å². The highest BCUT2D eigenvalue weighted by Gasteiger charge is 2.07. The lowest BCUT2D eigenvalue weighted by Gasteiger charge is -2.09. The minimum absolute atomic E-state index is 0.405. The van der Waals surface area contributed by atoms with Gasteiger partial charge >= 0.3 is 0 Å². The Labute approximate surface area is 110 Å². The zero-order valence-electron chi connectivity index (χ0n) is 10.5. The van der Waals surface area contributed by atoms with Crippen molar-refractivity contribution in [3.63, 3.8) is 0 Å². The number of carbonyl (C=O) groups is 1. The fourth-order valence-corrected chi connectivity index (χ4v) is 2.42. The van der Waals surface area contributed by atoms with E-state index in [1.165, 1.54) is 0 Å². The van der Waals surface area contributed by atoms with E-state index in [0.29, 0.717) is 17.9 Å². The van der Waals surface area contributed by atoms with E-state index in [2.05, 4.69) is 11.9 Å². The van der Waals surface area contributed by atoms with E-state index < -0.39 is 0 Å². The molecule has 4 heteroatoms. The Morgan fingerprint density at radius 3 is 2.94 bits per heavy atom. The van der Waals surface area contributed by atoms with Crippen LogP contribution in [0, 0.1) is 6.92 Å². The summed E-state index contributed by atoms with van der Waals surface area (Å²) < 4.78 is 5.72. The van der Waals surface area contributed by atoms with Crippen LogP contribution in [-0.2, 0) is 13.0 Å². The number of hydrogen-bond acceptors (Lipinski definition) is 4. The summed E-state index contributed by atoms with van der Waals surface area (Å²) >= 11 is 1.64. The van der Waals surface area contributed by atoms with Crippen molar-refractivity contribution in [3.8, 4) is 5.75 Å². The number of benzene rings is 1. The molecule has 0 bridgehead atoms. The Bertz CT molecular complexity index is 548. The van der Waals surface area contributed by atoms with Crippen LogP contribution in [0.25, 0.3) is 0 Å². The summed E-state index contributed by atoms with van der Waals surface area (Å²) in [6.45, 7) is 4.42. The molecule has 0 aliphatic heterocycles. The third-order valence-corrected chi connectivity index (χ3v) is 3.68. The van der Waals surface area contributed by atoms with Crippen molar-refractivity contribution in [1.29, 1.82) is 0 Å². The van der Waals surface area contributed by atoms with E-state index in [1.807, 2.05) is 24.4 Å². The number of hydrogen-bond donors (Lipinski definition) is 0. The van der Waals surface area contributed by atoms with E-state index in [9.17, 15) is 4.79 Å². The molecule has 18 heavy (non-hydrogen) atoms. The number of aryl methyl sites for hydroxylation is 2. The van der Waals surface area contributed by atoms with Gasteiger partial charge in [-0.2, -0.15) is 0 Å². The first kappa shape index (κ1) is 12.8. The van der Waals surface area contributed by atoms with E-state index in [-0.39, 0.29) is 0 Å². The molecular formula is C14H15NO2S. The van der Waals surface area contributed by atoms with Gasteiger partial charge in [-0.3, -0.25) is 4.79 Å². The minimum atomic E-state index is 0.405. The van der Waals surface area contributed by atoms with E-state index in [4.69, 9.17) is 4.74 Å². The summed E-state index contributed by atoms with van der Waals surface area (Å²) in [5.74, 6) is 0.651. The summed E-state index contributed by atoms with van der Waals surface area (Å²) in [6, 6.07) is 5.54.